The summed E-state index contributed by atoms with van der Waals surface area (Å²) in [6.07, 6.45) is 1.18. The van der Waals surface area contributed by atoms with Crippen LogP contribution in [0, 0.1) is 5.41 Å². The average Bonchev–Trinajstić information content (AvgIpc) is 3.18. The molecule has 1 fully saturated rings. The number of rotatable bonds is 12. The molecule has 0 saturated carbocycles. The van der Waals surface area contributed by atoms with E-state index in [2.05, 4.69) is 5.32 Å². The lowest BCUT2D eigenvalue weighted by molar-refractivity contribution is -0.216. The Morgan fingerprint density at radius 1 is 1.08 bits per heavy atom. The van der Waals surface area contributed by atoms with Crippen molar-refractivity contribution in [2.45, 2.75) is 69.9 Å². The molecule has 0 spiro atoms. The smallest absolute Gasteiger partial charge is 0.424 e. The molecular formula is C28H38N4O6. The monoisotopic (exact) mass is 526 g/mol. The first-order valence-corrected chi connectivity index (χ1v) is 12.8. The molecule has 1 saturated heterocycles. The first-order valence-electron chi connectivity index (χ1n) is 12.8. The first kappa shape index (κ1) is 29.2. The zero-order chi connectivity index (χ0) is 27.9. The van der Waals surface area contributed by atoms with Gasteiger partial charge in [-0.1, -0.05) is 74.5 Å². The van der Waals surface area contributed by atoms with Gasteiger partial charge in [-0.2, -0.15) is 0 Å². The fourth-order valence-electron chi connectivity index (χ4n) is 4.70. The molecule has 3 atom stereocenters. The van der Waals surface area contributed by atoms with Gasteiger partial charge < -0.3 is 26.0 Å². The van der Waals surface area contributed by atoms with Crippen molar-refractivity contribution in [3.63, 3.8) is 0 Å². The van der Waals surface area contributed by atoms with Crippen LogP contribution in [-0.2, 0) is 27.2 Å². The van der Waals surface area contributed by atoms with Crippen LogP contribution in [0.1, 0.15) is 44.2 Å². The number of hydrogen-bond donors (Lipinski definition) is 5. The molecule has 7 N–H and O–H groups in total. The van der Waals surface area contributed by atoms with Crippen molar-refractivity contribution in [2.75, 3.05) is 6.61 Å². The summed E-state index contributed by atoms with van der Waals surface area (Å²) in [5.41, 5.74) is 7.12. The highest BCUT2D eigenvalue weighted by atomic mass is 16.6. The van der Waals surface area contributed by atoms with Crippen LogP contribution in [0.15, 0.2) is 60.7 Å². The van der Waals surface area contributed by atoms with Crippen molar-refractivity contribution in [1.82, 2.24) is 10.3 Å². The number of Topliss-reactive ketones (excluding diaryl/α,β-unsaturated/α-hetero) is 1. The number of nitrogens with two attached hydrogens (primary N) is 2. The van der Waals surface area contributed by atoms with Crippen molar-refractivity contribution in [3.8, 4) is 0 Å². The fourth-order valence-corrected chi connectivity index (χ4v) is 4.70. The molecule has 0 bridgehead atoms. The molecule has 38 heavy (non-hydrogen) atoms. The summed E-state index contributed by atoms with van der Waals surface area (Å²) in [4.78, 5) is 38.0. The highest BCUT2D eigenvalue weighted by Gasteiger charge is 2.53. The third kappa shape index (κ3) is 7.16. The summed E-state index contributed by atoms with van der Waals surface area (Å²) in [5.74, 6) is 2.03. The van der Waals surface area contributed by atoms with E-state index >= 15 is 0 Å². The highest BCUT2D eigenvalue weighted by Crippen LogP contribution is 2.33. The Balaban J connectivity index is 1.70. The van der Waals surface area contributed by atoms with Crippen molar-refractivity contribution in [2.24, 2.45) is 17.0 Å². The molecule has 2 aromatic rings. The predicted octanol–water partition coefficient (Wildman–Crippen LogP) is 1.42. The van der Waals surface area contributed by atoms with Crippen molar-refractivity contribution < 1.29 is 29.3 Å². The number of nitrogens with one attached hydrogen (secondary N) is 1. The van der Waals surface area contributed by atoms with Gasteiger partial charge in [-0.15, -0.1) is 0 Å². The van der Waals surface area contributed by atoms with Crippen LogP contribution in [0.3, 0.4) is 0 Å². The number of benzene rings is 2. The molecule has 3 rings (SSSR count). The summed E-state index contributed by atoms with van der Waals surface area (Å²) in [6, 6.07) is 14.2. The van der Waals surface area contributed by atoms with Crippen LogP contribution in [0.5, 0.6) is 0 Å². The van der Waals surface area contributed by atoms with Gasteiger partial charge in [-0.05, 0) is 36.8 Å². The molecule has 1 aliphatic rings. The van der Waals surface area contributed by atoms with Gasteiger partial charge in [0, 0.05) is 11.8 Å². The minimum absolute atomic E-state index is 0.0779. The van der Waals surface area contributed by atoms with Crippen molar-refractivity contribution in [1.29, 1.82) is 0 Å². The van der Waals surface area contributed by atoms with E-state index in [9.17, 15) is 24.6 Å². The van der Waals surface area contributed by atoms with Gasteiger partial charge in [0.2, 0.25) is 11.7 Å². The third-order valence-electron chi connectivity index (χ3n) is 6.99. The van der Waals surface area contributed by atoms with Gasteiger partial charge in [0.25, 0.3) is 0 Å². The number of ether oxygens (including phenoxy) is 1. The topological polar surface area (TPSA) is 168 Å². The van der Waals surface area contributed by atoms with Gasteiger partial charge in [0.05, 0.1) is 12.6 Å². The molecule has 1 heterocycles. The Bertz CT molecular complexity index is 1090. The van der Waals surface area contributed by atoms with Gasteiger partial charge in [-0.3, -0.25) is 9.59 Å². The van der Waals surface area contributed by atoms with E-state index in [1.807, 2.05) is 30.3 Å². The molecule has 3 unspecified atom stereocenters. The number of hydrogen-bond acceptors (Lipinski definition) is 8. The molecule has 10 heteroatoms. The van der Waals surface area contributed by atoms with Crippen LogP contribution >= 0.6 is 0 Å². The molecule has 1 aliphatic heterocycles. The minimum Gasteiger partial charge on any atom is -0.448 e. The predicted molar refractivity (Wildman–Crippen MR) is 141 cm³/mol. The Morgan fingerprint density at radius 2 is 1.66 bits per heavy atom. The average molecular weight is 527 g/mol. The summed E-state index contributed by atoms with van der Waals surface area (Å²) >= 11 is 0. The number of carbonyl (C=O) groups is 3. The second-order valence-corrected chi connectivity index (χ2v) is 10.5. The van der Waals surface area contributed by atoms with Gasteiger partial charge in [0.1, 0.15) is 12.1 Å². The molecule has 0 aromatic heterocycles. The van der Waals surface area contributed by atoms with E-state index in [4.69, 9.17) is 16.3 Å². The number of hydrazine groups is 1. The van der Waals surface area contributed by atoms with E-state index < -0.39 is 41.2 Å². The van der Waals surface area contributed by atoms with Crippen LogP contribution in [-0.4, -0.2) is 63.5 Å². The molecule has 206 valence electrons. The van der Waals surface area contributed by atoms with E-state index in [1.165, 1.54) is 5.56 Å². The number of amides is 2. The maximum atomic E-state index is 13.2. The quantitative estimate of drug-likeness (QED) is 0.0910. The standard InChI is InChI=1S/C28H38N4O6/c1-27(2)18-22(33)31-25(27)23(34)24(29)28(36,37)21(17-20-14-7-4-8-15-20)32(30)26(35)38-16-10-9-13-19-11-5-3-6-12-19/h3-8,11-12,14-15,21,24-25,36-37H,9-10,13,16-18,29-30H2,1-2H3,(H,31,33). The van der Waals surface area contributed by atoms with Gasteiger partial charge in [-0.25, -0.2) is 15.6 Å². The SMILES string of the molecule is CC1(C)CC(=O)NC1C(=O)C(N)C(O)(O)C(Cc1ccccc1)N(N)C(=O)OCCCCc1ccccc1. The lowest BCUT2D eigenvalue weighted by Gasteiger charge is -2.40. The van der Waals surface area contributed by atoms with E-state index in [-0.39, 0.29) is 25.4 Å². The van der Waals surface area contributed by atoms with Gasteiger partial charge >= 0.3 is 6.09 Å². The molecule has 10 nitrogen and oxygen atoms in total. The second kappa shape index (κ2) is 12.5. The van der Waals surface area contributed by atoms with E-state index in [1.54, 1.807) is 44.2 Å². The van der Waals surface area contributed by atoms with Gasteiger partial charge in [0.15, 0.2) is 5.78 Å². The van der Waals surface area contributed by atoms with Crippen molar-refractivity contribution >= 4 is 17.8 Å². The Hall–Kier alpha value is -3.31. The van der Waals surface area contributed by atoms with Crippen molar-refractivity contribution in [3.05, 3.63) is 71.8 Å². The van der Waals surface area contributed by atoms with Crippen LogP contribution in [0.2, 0.25) is 0 Å². The third-order valence-corrected chi connectivity index (χ3v) is 6.99. The zero-order valence-electron chi connectivity index (χ0n) is 21.9. The maximum Gasteiger partial charge on any atom is 0.424 e. The number of aryl methyl sites for hydroxylation is 1. The Morgan fingerprint density at radius 3 is 2.21 bits per heavy atom. The maximum absolute atomic E-state index is 13.2. The fraction of sp³-hybridized carbons (Fsp3) is 0.464. The summed E-state index contributed by atoms with van der Waals surface area (Å²) < 4.78 is 5.30. The number of carbonyl (C=O) groups excluding carboxylic acids is 3. The summed E-state index contributed by atoms with van der Waals surface area (Å²) in [5, 5.41) is 25.5. The van der Waals surface area contributed by atoms with Crippen LogP contribution < -0.4 is 16.9 Å². The Labute approximate surface area is 222 Å². The lowest BCUT2D eigenvalue weighted by Crippen LogP contribution is -2.69. The minimum atomic E-state index is -2.93. The molecule has 0 radical (unpaired) electrons. The normalized spacial score (nSPS) is 18.4. The Kier molecular flexibility index (Phi) is 9.61. The van der Waals surface area contributed by atoms with E-state index in [0.717, 1.165) is 12.8 Å². The second-order valence-electron chi connectivity index (χ2n) is 10.5. The summed E-state index contributed by atoms with van der Waals surface area (Å²) in [7, 11) is 0. The number of unbranched alkanes of at least 4 members (excludes halogenated alkanes) is 1. The van der Waals surface area contributed by atoms with E-state index in [0.29, 0.717) is 17.0 Å². The molecule has 0 aliphatic carbocycles. The number of ketones is 1. The van der Waals surface area contributed by atoms with Crippen LogP contribution in [0.25, 0.3) is 0 Å². The first-order chi connectivity index (χ1) is 17.9. The number of aliphatic hydroxyl groups is 2. The molecule has 2 aromatic carbocycles. The zero-order valence-corrected chi connectivity index (χ0v) is 21.9. The summed E-state index contributed by atoms with van der Waals surface area (Å²) in [6.45, 7) is 3.50. The molecular weight excluding hydrogens is 488 g/mol. The lowest BCUT2D eigenvalue weighted by atomic mass is 9.78. The largest absolute Gasteiger partial charge is 0.448 e. The number of nitrogens with zero attached hydrogens (tertiary/aromatic N) is 1. The van der Waals surface area contributed by atoms with Crippen LogP contribution in [0.4, 0.5) is 4.79 Å². The highest BCUT2D eigenvalue weighted by molar-refractivity contribution is 5.97. The molecule has 2 amide bonds.